The molecule has 2 aromatic carbocycles. The largest absolute Gasteiger partial charge is 0.378 e. The van der Waals surface area contributed by atoms with E-state index in [4.69, 9.17) is 14.7 Å². The number of fused-ring (bicyclic) bond motifs is 1. The second-order valence-electron chi connectivity index (χ2n) is 6.68. The standard InChI is InChI=1S/C21H23BN4O/c1-16(15-23-21(22)25-11-13-27-14-12-25)20-24-18-9-5-6-10-19(18)26(20)17-7-3-2-4-8-17/h2-10,15H,11-14,22H2,1H3/b16-15+,23-21+. The zero-order valence-corrected chi connectivity index (χ0v) is 15.8. The first kappa shape index (κ1) is 17.6. The van der Waals surface area contributed by atoms with Crippen molar-refractivity contribution in [2.24, 2.45) is 4.99 Å². The number of benzene rings is 2. The van der Waals surface area contributed by atoms with Gasteiger partial charge in [-0.15, -0.1) is 0 Å². The van der Waals surface area contributed by atoms with Crippen molar-refractivity contribution in [3.8, 4) is 5.69 Å². The molecule has 1 aliphatic heterocycles. The molecule has 2 heterocycles. The summed E-state index contributed by atoms with van der Waals surface area (Å²) < 4.78 is 7.61. The van der Waals surface area contributed by atoms with E-state index in [0.717, 1.165) is 60.2 Å². The summed E-state index contributed by atoms with van der Waals surface area (Å²) in [7, 11) is 2.05. The third-order valence-electron chi connectivity index (χ3n) is 4.84. The molecule has 0 radical (unpaired) electrons. The van der Waals surface area contributed by atoms with Crippen molar-refractivity contribution in [3.05, 3.63) is 66.6 Å². The van der Waals surface area contributed by atoms with Crippen LogP contribution in [0.25, 0.3) is 22.3 Å². The summed E-state index contributed by atoms with van der Waals surface area (Å²) in [6.07, 6.45) is 1.92. The highest BCUT2D eigenvalue weighted by atomic mass is 16.5. The second kappa shape index (κ2) is 7.80. The Kier molecular flexibility index (Phi) is 5.07. The molecule has 6 heteroatoms. The fourth-order valence-electron chi connectivity index (χ4n) is 3.35. The number of imidazole rings is 1. The number of aliphatic imine (C=N–C) groups is 1. The van der Waals surface area contributed by atoms with Crippen LogP contribution in [0.1, 0.15) is 12.7 Å². The molecule has 27 heavy (non-hydrogen) atoms. The quantitative estimate of drug-likeness (QED) is 0.411. The van der Waals surface area contributed by atoms with Crippen molar-refractivity contribution in [2.75, 3.05) is 26.3 Å². The molecule has 3 aromatic rings. The van der Waals surface area contributed by atoms with Crippen molar-refractivity contribution < 1.29 is 4.74 Å². The zero-order chi connectivity index (χ0) is 18.6. The highest BCUT2D eigenvalue weighted by molar-refractivity contribution is 6.58. The molecule has 0 N–H and O–H groups in total. The molecule has 1 fully saturated rings. The van der Waals surface area contributed by atoms with Gasteiger partial charge in [0, 0.05) is 30.5 Å². The predicted molar refractivity (Wildman–Crippen MR) is 113 cm³/mol. The molecule has 0 atom stereocenters. The number of allylic oxidation sites excluding steroid dienone is 1. The van der Waals surface area contributed by atoms with Gasteiger partial charge in [-0.25, -0.2) is 4.98 Å². The number of hydrogen-bond donors (Lipinski definition) is 0. The topological polar surface area (TPSA) is 42.7 Å². The molecule has 0 aliphatic carbocycles. The van der Waals surface area contributed by atoms with Crippen molar-refractivity contribution >= 4 is 30.2 Å². The van der Waals surface area contributed by atoms with Gasteiger partial charge < -0.3 is 9.64 Å². The van der Waals surface area contributed by atoms with E-state index in [1.807, 2.05) is 42.6 Å². The summed E-state index contributed by atoms with van der Waals surface area (Å²) in [5.41, 5.74) is 5.23. The first-order valence-electron chi connectivity index (χ1n) is 9.31. The number of ether oxygens (including phenoxy) is 1. The molecule has 1 saturated heterocycles. The molecule has 4 rings (SSSR count). The predicted octanol–water partition coefficient (Wildman–Crippen LogP) is 2.71. The van der Waals surface area contributed by atoms with Crippen LogP contribution in [-0.2, 0) is 4.74 Å². The molecular formula is C21H23BN4O. The molecule has 0 saturated carbocycles. The van der Waals surface area contributed by atoms with E-state index in [-0.39, 0.29) is 0 Å². The molecule has 136 valence electrons. The van der Waals surface area contributed by atoms with Crippen LogP contribution in [0.4, 0.5) is 0 Å². The molecule has 0 unspecified atom stereocenters. The van der Waals surface area contributed by atoms with Gasteiger partial charge in [0.1, 0.15) is 5.82 Å². The van der Waals surface area contributed by atoms with E-state index in [9.17, 15) is 0 Å². The first-order chi connectivity index (χ1) is 13.2. The maximum Gasteiger partial charge on any atom is 0.186 e. The van der Waals surface area contributed by atoms with Crippen molar-refractivity contribution in [1.82, 2.24) is 14.5 Å². The average molecular weight is 358 g/mol. The van der Waals surface area contributed by atoms with Gasteiger partial charge in [-0.3, -0.25) is 9.56 Å². The van der Waals surface area contributed by atoms with Crippen LogP contribution in [0, 0.1) is 0 Å². The maximum absolute atomic E-state index is 5.42. The van der Waals surface area contributed by atoms with Gasteiger partial charge in [-0.2, -0.15) is 0 Å². The Labute approximate surface area is 160 Å². The van der Waals surface area contributed by atoms with Gasteiger partial charge >= 0.3 is 0 Å². The Morgan fingerprint density at radius 2 is 1.78 bits per heavy atom. The van der Waals surface area contributed by atoms with Gasteiger partial charge in [-0.05, 0) is 31.2 Å². The molecule has 0 amide bonds. The van der Waals surface area contributed by atoms with E-state index >= 15 is 0 Å². The third kappa shape index (κ3) is 3.66. The van der Waals surface area contributed by atoms with Crippen molar-refractivity contribution in [1.29, 1.82) is 0 Å². The number of amidine groups is 1. The fourth-order valence-corrected chi connectivity index (χ4v) is 3.35. The molecular weight excluding hydrogens is 335 g/mol. The molecule has 5 nitrogen and oxygen atoms in total. The number of para-hydroxylation sites is 3. The van der Waals surface area contributed by atoms with Gasteiger partial charge in [0.25, 0.3) is 0 Å². The van der Waals surface area contributed by atoms with Crippen LogP contribution in [-0.4, -0.2) is 54.3 Å². The fraction of sp³-hybridized carbons (Fsp3) is 0.238. The summed E-state index contributed by atoms with van der Waals surface area (Å²) >= 11 is 0. The Morgan fingerprint density at radius 3 is 2.56 bits per heavy atom. The SMILES string of the molecule is B/C(=N\C=C(/C)c1nc2ccccc2n1-c1ccccc1)N1CCOCC1. The first-order valence-corrected chi connectivity index (χ1v) is 9.31. The minimum absolute atomic E-state index is 0.763. The molecule has 0 spiro atoms. The monoisotopic (exact) mass is 358 g/mol. The summed E-state index contributed by atoms with van der Waals surface area (Å²) in [5, 5.41) is 0. The second-order valence-corrected chi connectivity index (χ2v) is 6.68. The van der Waals surface area contributed by atoms with E-state index < -0.39 is 0 Å². The van der Waals surface area contributed by atoms with Crippen molar-refractivity contribution in [2.45, 2.75) is 6.92 Å². The van der Waals surface area contributed by atoms with Crippen LogP contribution in [0.2, 0.25) is 0 Å². The van der Waals surface area contributed by atoms with Gasteiger partial charge in [0.2, 0.25) is 0 Å². The lowest BCUT2D eigenvalue weighted by molar-refractivity contribution is 0.0692. The molecule has 1 aliphatic rings. The highest BCUT2D eigenvalue weighted by Gasteiger charge is 2.14. The van der Waals surface area contributed by atoms with Gasteiger partial charge in [0.05, 0.1) is 30.0 Å². The Hall–Kier alpha value is -2.86. The maximum atomic E-state index is 5.42. The Balaban J connectivity index is 1.74. The summed E-state index contributed by atoms with van der Waals surface area (Å²) in [6, 6.07) is 18.6. The zero-order valence-electron chi connectivity index (χ0n) is 15.8. The van der Waals surface area contributed by atoms with Crippen LogP contribution < -0.4 is 0 Å². The number of morpholine rings is 1. The van der Waals surface area contributed by atoms with E-state index in [1.54, 1.807) is 0 Å². The minimum Gasteiger partial charge on any atom is -0.378 e. The number of nitrogens with zero attached hydrogens (tertiary/aromatic N) is 4. The smallest absolute Gasteiger partial charge is 0.186 e. The van der Waals surface area contributed by atoms with Crippen LogP contribution in [0.15, 0.2) is 65.8 Å². The number of aromatic nitrogens is 2. The van der Waals surface area contributed by atoms with Gasteiger partial charge in [-0.1, -0.05) is 30.3 Å². The lowest BCUT2D eigenvalue weighted by atomic mass is 10.1. The Bertz CT molecular complexity index is 988. The average Bonchev–Trinajstić information content (AvgIpc) is 3.12. The molecule has 1 aromatic heterocycles. The number of rotatable bonds is 3. The third-order valence-corrected chi connectivity index (χ3v) is 4.84. The lowest BCUT2D eigenvalue weighted by Gasteiger charge is -2.28. The van der Waals surface area contributed by atoms with Crippen molar-refractivity contribution in [3.63, 3.8) is 0 Å². The van der Waals surface area contributed by atoms with Gasteiger partial charge in [0.15, 0.2) is 7.85 Å². The van der Waals surface area contributed by atoms with E-state index in [1.165, 1.54) is 0 Å². The van der Waals surface area contributed by atoms with Crippen LogP contribution >= 0.6 is 0 Å². The van der Waals surface area contributed by atoms with E-state index in [0.29, 0.717) is 0 Å². The van der Waals surface area contributed by atoms with Crippen LogP contribution in [0.3, 0.4) is 0 Å². The summed E-state index contributed by atoms with van der Waals surface area (Å²) in [6.45, 7) is 5.38. The number of hydrogen-bond acceptors (Lipinski definition) is 3. The molecule has 0 bridgehead atoms. The minimum atomic E-state index is 0.763. The normalized spacial score (nSPS) is 16.1. The van der Waals surface area contributed by atoms with Crippen LogP contribution in [0.5, 0.6) is 0 Å². The summed E-state index contributed by atoms with van der Waals surface area (Å²) in [4.78, 5) is 11.8. The highest BCUT2D eigenvalue weighted by Crippen LogP contribution is 2.25. The Morgan fingerprint density at radius 1 is 1.07 bits per heavy atom. The van der Waals surface area contributed by atoms with E-state index in [2.05, 4.69) is 42.4 Å². The summed E-state index contributed by atoms with van der Waals surface area (Å²) in [5.74, 6) is 0.918. The lowest BCUT2D eigenvalue weighted by Crippen LogP contribution is -2.40.